The van der Waals surface area contributed by atoms with E-state index < -0.39 is 5.54 Å². The predicted octanol–water partition coefficient (Wildman–Crippen LogP) is 0.441. The molecule has 5 nitrogen and oxygen atoms in total. The number of nitrogens with two attached hydrogens (primary N) is 1. The van der Waals surface area contributed by atoms with Gasteiger partial charge in [0, 0.05) is 31.6 Å². The fourth-order valence-corrected chi connectivity index (χ4v) is 1.99. The summed E-state index contributed by atoms with van der Waals surface area (Å²) in [6.07, 6.45) is 0. The standard InChI is InChI=1S/C13H25N3O2/c1-12(2,3)10(17)15-6-8-16(9-7-15)11(18)13(4,5)14/h6-9,14H2,1-5H3. The first-order valence-electron chi connectivity index (χ1n) is 6.41. The highest BCUT2D eigenvalue weighted by molar-refractivity contribution is 5.86. The molecule has 0 saturated carbocycles. The minimum Gasteiger partial charge on any atom is -0.339 e. The first-order chi connectivity index (χ1) is 8.03. The Bertz CT molecular complexity index is 297. The zero-order chi connectivity index (χ0) is 14.1. The Morgan fingerprint density at radius 2 is 1.17 bits per heavy atom. The lowest BCUT2D eigenvalue weighted by atomic mass is 9.94. The molecule has 104 valence electrons. The monoisotopic (exact) mass is 255 g/mol. The maximum Gasteiger partial charge on any atom is 0.242 e. The fourth-order valence-electron chi connectivity index (χ4n) is 1.99. The van der Waals surface area contributed by atoms with Gasteiger partial charge in [-0.15, -0.1) is 0 Å². The quantitative estimate of drug-likeness (QED) is 0.739. The van der Waals surface area contributed by atoms with Gasteiger partial charge < -0.3 is 15.5 Å². The molecule has 1 aliphatic rings. The smallest absolute Gasteiger partial charge is 0.242 e. The summed E-state index contributed by atoms with van der Waals surface area (Å²) >= 11 is 0. The predicted molar refractivity (Wildman–Crippen MR) is 70.9 cm³/mol. The van der Waals surface area contributed by atoms with Crippen molar-refractivity contribution >= 4 is 11.8 Å². The van der Waals surface area contributed by atoms with Gasteiger partial charge in [0.1, 0.15) is 0 Å². The fraction of sp³-hybridized carbons (Fsp3) is 0.846. The van der Waals surface area contributed by atoms with Crippen LogP contribution in [-0.4, -0.2) is 53.3 Å². The van der Waals surface area contributed by atoms with Gasteiger partial charge in [-0.3, -0.25) is 9.59 Å². The second-order valence-corrected chi connectivity index (χ2v) is 6.56. The van der Waals surface area contributed by atoms with Gasteiger partial charge in [-0.05, 0) is 13.8 Å². The first kappa shape index (κ1) is 15.0. The molecule has 0 unspecified atom stereocenters. The van der Waals surface area contributed by atoms with E-state index in [0.717, 1.165) is 0 Å². The van der Waals surface area contributed by atoms with Crippen LogP contribution in [0.1, 0.15) is 34.6 Å². The van der Waals surface area contributed by atoms with Crippen LogP contribution in [0, 0.1) is 5.41 Å². The van der Waals surface area contributed by atoms with Crippen LogP contribution in [0.5, 0.6) is 0 Å². The highest BCUT2D eigenvalue weighted by Gasteiger charge is 2.33. The molecule has 1 rings (SSSR count). The number of carbonyl (C=O) groups is 2. The van der Waals surface area contributed by atoms with E-state index in [9.17, 15) is 9.59 Å². The molecule has 1 aliphatic heterocycles. The van der Waals surface area contributed by atoms with Gasteiger partial charge >= 0.3 is 0 Å². The van der Waals surface area contributed by atoms with Gasteiger partial charge in [0.25, 0.3) is 0 Å². The zero-order valence-corrected chi connectivity index (χ0v) is 12.1. The molecular weight excluding hydrogens is 230 g/mol. The minimum absolute atomic E-state index is 0.0506. The van der Waals surface area contributed by atoms with E-state index in [0.29, 0.717) is 26.2 Å². The van der Waals surface area contributed by atoms with Gasteiger partial charge in [0.05, 0.1) is 5.54 Å². The van der Waals surface area contributed by atoms with Crippen molar-refractivity contribution in [1.82, 2.24) is 9.80 Å². The zero-order valence-electron chi connectivity index (χ0n) is 12.1. The molecule has 18 heavy (non-hydrogen) atoms. The van der Waals surface area contributed by atoms with Crippen LogP contribution in [0.3, 0.4) is 0 Å². The van der Waals surface area contributed by atoms with Crippen LogP contribution in [0.25, 0.3) is 0 Å². The maximum absolute atomic E-state index is 12.1. The number of carbonyl (C=O) groups excluding carboxylic acids is 2. The molecule has 1 heterocycles. The lowest BCUT2D eigenvalue weighted by Crippen LogP contribution is -2.58. The van der Waals surface area contributed by atoms with Gasteiger partial charge in [-0.2, -0.15) is 0 Å². The topological polar surface area (TPSA) is 66.6 Å². The van der Waals surface area contributed by atoms with Crippen molar-refractivity contribution in [3.8, 4) is 0 Å². The van der Waals surface area contributed by atoms with Crippen molar-refractivity contribution in [2.24, 2.45) is 11.1 Å². The summed E-state index contributed by atoms with van der Waals surface area (Å²) in [7, 11) is 0. The van der Waals surface area contributed by atoms with Crippen molar-refractivity contribution in [2.45, 2.75) is 40.2 Å². The molecule has 2 amide bonds. The maximum atomic E-state index is 12.1. The summed E-state index contributed by atoms with van der Waals surface area (Å²) in [5.74, 6) is 0.0898. The third-order valence-electron chi connectivity index (χ3n) is 3.05. The van der Waals surface area contributed by atoms with E-state index in [1.54, 1.807) is 18.7 Å². The minimum atomic E-state index is -0.837. The average molecular weight is 255 g/mol. The second-order valence-electron chi connectivity index (χ2n) is 6.56. The van der Waals surface area contributed by atoms with Gasteiger partial charge in [0.2, 0.25) is 11.8 Å². The van der Waals surface area contributed by atoms with Gasteiger partial charge in [0.15, 0.2) is 0 Å². The van der Waals surface area contributed by atoms with Crippen LogP contribution >= 0.6 is 0 Å². The Hall–Kier alpha value is -1.10. The van der Waals surface area contributed by atoms with Gasteiger partial charge in [-0.1, -0.05) is 20.8 Å². The average Bonchev–Trinajstić information content (AvgIpc) is 2.25. The van der Waals surface area contributed by atoms with Gasteiger partial charge in [-0.25, -0.2) is 0 Å². The van der Waals surface area contributed by atoms with Crippen LogP contribution in [0.15, 0.2) is 0 Å². The molecule has 0 radical (unpaired) electrons. The number of rotatable bonds is 1. The molecule has 0 aromatic heterocycles. The van der Waals surface area contributed by atoms with Crippen LogP contribution in [-0.2, 0) is 9.59 Å². The molecule has 1 saturated heterocycles. The molecule has 0 bridgehead atoms. The SMILES string of the molecule is CC(C)(C)C(=O)N1CCN(C(=O)C(C)(C)N)CC1. The number of amides is 2. The van der Waals surface area contributed by atoms with E-state index in [1.165, 1.54) is 0 Å². The molecule has 0 aliphatic carbocycles. The lowest BCUT2D eigenvalue weighted by Gasteiger charge is -2.39. The number of hydrogen-bond donors (Lipinski definition) is 1. The number of nitrogens with zero attached hydrogens (tertiary/aromatic N) is 2. The van der Waals surface area contributed by atoms with Crippen molar-refractivity contribution < 1.29 is 9.59 Å². The molecule has 0 spiro atoms. The van der Waals surface area contributed by atoms with Crippen LogP contribution in [0.4, 0.5) is 0 Å². The summed E-state index contributed by atoms with van der Waals surface area (Å²) < 4.78 is 0. The summed E-state index contributed by atoms with van der Waals surface area (Å²) in [6.45, 7) is 11.5. The highest BCUT2D eigenvalue weighted by Crippen LogP contribution is 2.19. The molecule has 0 aromatic rings. The van der Waals surface area contributed by atoms with Crippen LogP contribution < -0.4 is 5.73 Å². The Balaban J connectivity index is 2.57. The van der Waals surface area contributed by atoms with E-state index in [2.05, 4.69) is 0 Å². The Morgan fingerprint density at radius 3 is 1.44 bits per heavy atom. The number of hydrogen-bond acceptors (Lipinski definition) is 3. The van der Waals surface area contributed by atoms with Crippen molar-refractivity contribution in [3.05, 3.63) is 0 Å². The van der Waals surface area contributed by atoms with Crippen molar-refractivity contribution in [2.75, 3.05) is 26.2 Å². The van der Waals surface area contributed by atoms with Crippen molar-refractivity contribution in [3.63, 3.8) is 0 Å². The molecule has 2 N–H and O–H groups in total. The Labute approximate surface area is 109 Å². The summed E-state index contributed by atoms with van der Waals surface area (Å²) in [6, 6.07) is 0. The third kappa shape index (κ3) is 3.45. The summed E-state index contributed by atoms with van der Waals surface area (Å²) in [5.41, 5.74) is 4.60. The summed E-state index contributed by atoms with van der Waals surface area (Å²) in [5, 5.41) is 0. The van der Waals surface area contributed by atoms with E-state index in [1.807, 2.05) is 25.7 Å². The Morgan fingerprint density at radius 1 is 0.833 bits per heavy atom. The molecule has 1 fully saturated rings. The van der Waals surface area contributed by atoms with Crippen molar-refractivity contribution in [1.29, 1.82) is 0 Å². The van der Waals surface area contributed by atoms with Crippen LogP contribution in [0.2, 0.25) is 0 Å². The van der Waals surface area contributed by atoms with E-state index >= 15 is 0 Å². The molecule has 0 atom stereocenters. The lowest BCUT2D eigenvalue weighted by molar-refractivity contribution is -0.146. The first-order valence-corrected chi connectivity index (χ1v) is 6.41. The molecular formula is C13H25N3O2. The highest BCUT2D eigenvalue weighted by atomic mass is 16.2. The normalized spacial score (nSPS) is 17.9. The second kappa shape index (κ2) is 4.88. The molecule has 0 aromatic carbocycles. The van der Waals surface area contributed by atoms with E-state index in [4.69, 9.17) is 5.73 Å². The molecule has 5 heteroatoms. The Kier molecular flexibility index (Phi) is 4.05. The third-order valence-corrected chi connectivity index (χ3v) is 3.05. The largest absolute Gasteiger partial charge is 0.339 e. The summed E-state index contributed by atoms with van der Waals surface area (Å²) in [4.78, 5) is 27.7. The van der Waals surface area contributed by atoms with E-state index in [-0.39, 0.29) is 17.2 Å². The number of piperazine rings is 1.